The second kappa shape index (κ2) is 7.51. The van der Waals surface area contributed by atoms with Gasteiger partial charge >= 0.3 is 0 Å². The van der Waals surface area contributed by atoms with Crippen LogP contribution in [-0.2, 0) is 6.54 Å². The van der Waals surface area contributed by atoms with Gasteiger partial charge in [-0.3, -0.25) is 9.97 Å². The fraction of sp³-hybridized carbons (Fsp3) is 0.150. The third-order valence-electron chi connectivity index (χ3n) is 4.10. The van der Waals surface area contributed by atoms with E-state index in [9.17, 15) is 4.39 Å². The van der Waals surface area contributed by atoms with E-state index < -0.39 is 0 Å². The summed E-state index contributed by atoms with van der Waals surface area (Å²) in [4.78, 5) is 17.6. The highest BCUT2D eigenvalue weighted by Crippen LogP contribution is 2.30. The number of nitrogens with zero attached hydrogens (tertiary/aromatic N) is 5. The highest BCUT2D eigenvalue weighted by Gasteiger charge is 2.17. The van der Waals surface area contributed by atoms with E-state index in [0.29, 0.717) is 34.2 Å². The van der Waals surface area contributed by atoms with Crippen LogP contribution in [0.4, 0.5) is 10.3 Å². The van der Waals surface area contributed by atoms with Gasteiger partial charge in [-0.1, -0.05) is 23.4 Å². The molecule has 0 aliphatic carbocycles. The molecule has 1 aromatic carbocycles. The Bertz CT molecular complexity index is 1110. The fourth-order valence-electron chi connectivity index (χ4n) is 2.66. The van der Waals surface area contributed by atoms with Crippen molar-refractivity contribution in [2.45, 2.75) is 20.4 Å². The molecule has 0 radical (unpaired) electrons. The van der Waals surface area contributed by atoms with E-state index in [2.05, 4.69) is 30.4 Å². The van der Waals surface area contributed by atoms with Crippen molar-refractivity contribution in [2.24, 2.45) is 0 Å². The van der Waals surface area contributed by atoms with Crippen LogP contribution in [0.25, 0.3) is 22.7 Å². The van der Waals surface area contributed by atoms with Gasteiger partial charge in [0.25, 0.3) is 0 Å². The van der Waals surface area contributed by atoms with Crippen LogP contribution in [0.5, 0.6) is 0 Å². The van der Waals surface area contributed by atoms with E-state index in [1.165, 1.54) is 6.07 Å². The summed E-state index contributed by atoms with van der Waals surface area (Å²) in [5.41, 5.74) is 3.85. The van der Waals surface area contributed by atoms with Gasteiger partial charge < -0.3 is 9.84 Å². The molecule has 1 N–H and O–H groups in total. The Hall–Kier alpha value is -3.68. The van der Waals surface area contributed by atoms with Crippen molar-refractivity contribution in [1.82, 2.24) is 25.1 Å². The minimum absolute atomic E-state index is 0.256. The number of nitrogens with one attached hydrogen (secondary N) is 1. The van der Waals surface area contributed by atoms with Crippen LogP contribution in [0.1, 0.15) is 17.0 Å². The first-order valence-corrected chi connectivity index (χ1v) is 8.67. The number of halogens is 1. The number of hydrogen-bond donors (Lipinski definition) is 1. The van der Waals surface area contributed by atoms with Gasteiger partial charge in [-0.15, -0.1) is 0 Å². The Labute approximate surface area is 160 Å². The summed E-state index contributed by atoms with van der Waals surface area (Å²) in [5, 5.41) is 6.98. The molecule has 28 heavy (non-hydrogen) atoms. The van der Waals surface area contributed by atoms with Crippen LogP contribution in [0.15, 0.2) is 53.4 Å². The van der Waals surface area contributed by atoms with Crippen LogP contribution in [0.3, 0.4) is 0 Å². The van der Waals surface area contributed by atoms with Crippen LogP contribution in [-0.4, -0.2) is 25.1 Å². The maximum Gasteiger partial charge on any atom is 0.223 e. The second-order valence-corrected chi connectivity index (χ2v) is 6.28. The van der Waals surface area contributed by atoms with E-state index in [1.807, 2.05) is 13.8 Å². The topological polar surface area (TPSA) is 89.6 Å². The van der Waals surface area contributed by atoms with E-state index in [1.54, 1.807) is 42.9 Å². The molecule has 0 fully saturated rings. The number of aromatic nitrogens is 5. The lowest BCUT2D eigenvalue weighted by Gasteiger charge is -2.10. The zero-order valence-corrected chi connectivity index (χ0v) is 15.3. The quantitative estimate of drug-likeness (QED) is 0.564. The largest absolute Gasteiger partial charge is 0.356 e. The second-order valence-electron chi connectivity index (χ2n) is 6.28. The van der Waals surface area contributed by atoms with E-state index in [-0.39, 0.29) is 12.4 Å². The molecular formula is C20H17FN6O. The molecule has 140 valence electrons. The molecule has 3 heterocycles. The zero-order chi connectivity index (χ0) is 19.5. The van der Waals surface area contributed by atoms with Crippen LogP contribution >= 0.6 is 0 Å². The van der Waals surface area contributed by atoms with Crippen LogP contribution < -0.4 is 5.32 Å². The summed E-state index contributed by atoms with van der Waals surface area (Å²) >= 11 is 0. The van der Waals surface area contributed by atoms with E-state index in [0.717, 1.165) is 11.4 Å². The molecule has 0 spiro atoms. The van der Waals surface area contributed by atoms with E-state index in [4.69, 9.17) is 4.52 Å². The summed E-state index contributed by atoms with van der Waals surface area (Å²) in [6.07, 6.45) is 4.94. The number of aryl methyl sites for hydroxylation is 2. The molecule has 4 aromatic rings. The molecule has 0 aliphatic heterocycles. The van der Waals surface area contributed by atoms with Gasteiger partial charge in [0.05, 0.1) is 23.1 Å². The summed E-state index contributed by atoms with van der Waals surface area (Å²) in [7, 11) is 0. The molecule has 0 atom stereocenters. The first kappa shape index (κ1) is 17.7. The lowest BCUT2D eigenvalue weighted by Crippen LogP contribution is -2.06. The standard InChI is InChI=1S/C20H17FN6O/c1-12-7-18(28-27-12)15-10-25-20(24-9-14-5-3-4-6-16(14)21)26-19(15)17-11-22-13(2)8-23-17/h3-8,10-11H,9H2,1-2H3,(H,24,25,26). The molecule has 0 saturated carbocycles. The van der Waals surface area contributed by atoms with Crippen molar-refractivity contribution >= 4 is 5.95 Å². The van der Waals surface area contributed by atoms with Crippen molar-refractivity contribution in [3.05, 3.63) is 71.7 Å². The predicted molar refractivity (Wildman–Crippen MR) is 102 cm³/mol. The van der Waals surface area contributed by atoms with Crippen LogP contribution in [0.2, 0.25) is 0 Å². The SMILES string of the molecule is Cc1cnc(-c2nc(NCc3ccccc3F)ncc2-c2cc(C)no2)cn1. The smallest absolute Gasteiger partial charge is 0.223 e. The van der Waals surface area contributed by atoms with E-state index >= 15 is 0 Å². The molecule has 4 rings (SSSR count). The monoisotopic (exact) mass is 376 g/mol. The Balaban J connectivity index is 1.70. The maximum absolute atomic E-state index is 13.8. The average molecular weight is 376 g/mol. The number of anilines is 1. The number of rotatable bonds is 5. The van der Waals surface area contributed by atoms with Crippen LogP contribution in [0, 0.1) is 19.7 Å². The molecule has 0 saturated heterocycles. The Morgan fingerprint density at radius 2 is 1.86 bits per heavy atom. The number of hydrogen-bond acceptors (Lipinski definition) is 7. The third-order valence-corrected chi connectivity index (χ3v) is 4.10. The molecule has 3 aromatic heterocycles. The van der Waals surface area contributed by atoms with Gasteiger partial charge in [-0.2, -0.15) is 0 Å². The maximum atomic E-state index is 13.8. The fourth-order valence-corrected chi connectivity index (χ4v) is 2.66. The molecule has 7 nitrogen and oxygen atoms in total. The Morgan fingerprint density at radius 3 is 2.57 bits per heavy atom. The first-order valence-electron chi connectivity index (χ1n) is 8.67. The molecular weight excluding hydrogens is 359 g/mol. The van der Waals surface area contributed by atoms with Crippen molar-refractivity contribution in [1.29, 1.82) is 0 Å². The zero-order valence-electron chi connectivity index (χ0n) is 15.3. The summed E-state index contributed by atoms with van der Waals surface area (Å²) in [6.45, 7) is 3.95. The Morgan fingerprint density at radius 1 is 1.00 bits per heavy atom. The minimum atomic E-state index is -0.284. The van der Waals surface area contributed by atoms with Crippen molar-refractivity contribution in [3.63, 3.8) is 0 Å². The minimum Gasteiger partial charge on any atom is -0.356 e. The highest BCUT2D eigenvalue weighted by molar-refractivity contribution is 5.76. The van der Waals surface area contributed by atoms with Gasteiger partial charge in [-0.25, -0.2) is 14.4 Å². The highest BCUT2D eigenvalue weighted by atomic mass is 19.1. The van der Waals surface area contributed by atoms with Gasteiger partial charge in [0.1, 0.15) is 17.2 Å². The average Bonchev–Trinajstić information content (AvgIpc) is 3.14. The number of benzene rings is 1. The lowest BCUT2D eigenvalue weighted by atomic mass is 10.1. The van der Waals surface area contributed by atoms with Gasteiger partial charge in [0.2, 0.25) is 5.95 Å². The lowest BCUT2D eigenvalue weighted by molar-refractivity contribution is 0.427. The van der Waals surface area contributed by atoms with Crippen molar-refractivity contribution < 1.29 is 8.91 Å². The molecule has 0 aliphatic rings. The van der Waals surface area contributed by atoms with Crippen molar-refractivity contribution in [3.8, 4) is 22.7 Å². The Kier molecular flexibility index (Phi) is 4.76. The summed E-state index contributed by atoms with van der Waals surface area (Å²) in [6, 6.07) is 8.36. The molecule has 8 heteroatoms. The van der Waals surface area contributed by atoms with Gasteiger partial charge in [0.15, 0.2) is 5.76 Å². The first-order chi connectivity index (χ1) is 13.6. The molecule has 0 amide bonds. The normalized spacial score (nSPS) is 10.8. The van der Waals surface area contributed by atoms with Crippen molar-refractivity contribution in [2.75, 3.05) is 5.32 Å². The van der Waals surface area contributed by atoms with Gasteiger partial charge in [0, 0.05) is 30.6 Å². The predicted octanol–water partition coefficient (Wildman–Crippen LogP) is 3.96. The summed E-state index contributed by atoms with van der Waals surface area (Å²) in [5.74, 6) is 0.601. The van der Waals surface area contributed by atoms with Gasteiger partial charge in [-0.05, 0) is 19.9 Å². The molecule has 0 unspecified atom stereocenters. The third kappa shape index (κ3) is 3.71. The summed E-state index contributed by atoms with van der Waals surface area (Å²) < 4.78 is 19.2. The molecule has 0 bridgehead atoms.